The van der Waals surface area contributed by atoms with Gasteiger partial charge < -0.3 is 10.2 Å². The van der Waals surface area contributed by atoms with Crippen LogP contribution in [0.4, 0.5) is 0 Å². The van der Waals surface area contributed by atoms with Crippen molar-refractivity contribution in [2.45, 2.75) is 93.7 Å². The zero-order valence-electron chi connectivity index (χ0n) is 22.1. The van der Waals surface area contributed by atoms with Crippen LogP contribution in [0.15, 0.2) is 24.3 Å². The molecule has 1 fully saturated rings. The van der Waals surface area contributed by atoms with Gasteiger partial charge in [0.1, 0.15) is 5.78 Å². The average molecular weight is 436 g/mol. The number of carbonyl (C=O) groups excluding carboxylic acids is 1. The van der Waals surface area contributed by atoms with Crippen LogP contribution in [0.5, 0.6) is 0 Å². The first-order valence-electron chi connectivity index (χ1n) is 12.8. The first-order chi connectivity index (χ1) is 15.1. The van der Waals surface area contributed by atoms with Crippen LogP contribution in [0.1, 0.15) is 91.7 Å². The third kappa shape index (κ3) is 17.1. The highest BCUT2D eigenvalue weighted by Gasteiger charge is 2.16. The lowest BCUT2D eigenvalue weighted by Gasteiger charge is -2.34. The van der Waals surface area contributed by atoms with Crippen LogP contribution in [-0.2, 0) is 17.9 Å². The van der Waals surface area contributed by atoms with Gasteiger partial charge in [0.15, 0.2) is 0 Å². The Morgan fingerprint density at radius 2 is 1.32 bits per heavy atom. The molecule has 0 atom stereocenters. The van der Waals surface area contributed by atoms with Crippen molar-refractivity contribution in [2.75, 3.05) is 39.8 Å². The standard InChI is InChI=1S/C20H33N3O.C3H8.2C2H6/c1-3-20(24)6-4-5-11-22-12-14-23(15-13-22)17-19-9-7-18(8-10-19)16-21-2;1-3-2;2*1-2/h7-10,21H,3-6,11-17H2,1-2H3;3H2,1-2H3;2*1-2H3. The van der Waals surface area contributed by atoms with Gasteiger partial charge >= 0.3 is 0 Å². The van der Waals surface area contributed by atoms with Crippen LogP contribution in [0.25, 0.3) is 0 Å². The summed E-state index contributed by atoms with van der Waals surface area (Å²) in [6.07, 6.45) is 4.90. The van der Waals surface area contributed by atoms with Gasteiger partial charge in [-0.05, 0) is 37.6 Å². The minimum Gasteiger partial charge on any atom is -0.316 e. The van der Waals surface area contributed by atoms with Gasteiger partial charge in [0.2, 0.25) is 0 Å². The van der Waals surface area contributed by atoms with Crippen molar-refractivity contribution in [1.29, 1.82) is 0 Å². The number of rotatable bonds is 10. The molecule has 0 amide bonds. The van der Waals surface area contributed by atoms with Gasteiger partial charge in [-0.3, -0.25) is 9.69 Å². The van der Waals surface area contributed by atoms with Gasteiger partial charge in [-0.2, -0.15) is 0 Å². The predicted molar refractivity (Wildman–Crippen MR) is 139 cm³/mol. The molecule has 0 unspecified atom stereocenters. The monoisotopic (exact) mass is 435 g/mol. The maximum Gasteiger partial charge on any atom is 0.132 e. The van der Waals surface area contributed by atoms with Crippen molar-refractivity contribution in [3.05, 3.63) is 35.4 Å². The van der Waals surface area contributed by atoms with Crippen LogP contribution in [0.2, 0.25) is 0 Å². The summed E-state index contributed by atoms with van der Waals surface area (Å²) in [5, 5.41) is 3.19. The van der Waals surface area contributed by atoms with E-state index in [0.717, 1.165) is 65.1 Å². The Balaban J connectivity index is 0. The van der Waals surface area contributed by atoms with Gasteiger partial charge in [-0.25, -0.2) is 0 Å². The Labute approximate surface area is 194 Å². The molecule has 0 bridgehead atoms. The highest BCUT2D eigenvalue weighted by atomic mass is 16.1. The first kappa shape index (κ1) is 32.0. The second kappa shape index (κ2) is 23.4. The molecule has 0 aliphatic carbocycles. The molecule has 4 nitrogen and oxygen atoms in total. The van der Waals surface area contributed by atoms with Crippen LogP contribution in [0.3, 0.4) is 0 Å². The molecule has 1 aliphatic rings. The Morgan fingerprint density at radius 3 is 1.81 bits per heavy atom. The molecule has 182 valence electrons. The fourth-order valence-electron chi connectivity index (χ4n) is 3.23. The Morgan fingerprint density at radius 1 is 0.839 bits per heavy atom. The van der Waals surface area contributed by atoms with E-state index in [4.69, 9.17) is 0 Å². The smallest absolute Gasteiger partial charge is 0.132 e. The Bertz CT molecular complexity index is 494. The van der Waals surface area contributed by atoms with E-state index in [2.05, 4.69) is 53.2 Å². The Hall–Kier alpha value is -1.23. The minimum absolute atomic E-state index is 0.403. The molecule has 1 heterocycles. The molecule has 0 aromatic heterocycles. The van der Waals surface area contributed by atoms with Gasteiger partial charge in [-0.15, -0.1) is 0 Å². The maximum atomic E-state index is 11.3. The molecule has 1 N–H and O–H groups in total. The van der Waals surface area contributed by atoms with Crippen molar-refractivity contribution >= 4 is 5.78 Å². The number of hydrogen-bond donors (Lipinski definition) is 1. The number of ketones is 1. The normalized spacial score (nSPS) is 13.7. The zero-order chi connectivity index (χ0) is 23.9. The third-order valence-electron chi connectivity index (χ3n) is 4.85. The average Bonchev–Trinajstić information content (AvgIpc) is 2.82. The van der Waals surface area contributed by atoms with Crippen LogP contribution >= 0.6 is 0 Å². The highest BCUT2D eigenvalue weighted by Crippen LogP contribution is 2.11. The van der Waals surface area contributed by atoms with E-state index in [1.807, 2.05) is 41.7 Å². The maximum absolute atomic E-state index is 11.3. The molecule has 0 spiro atoms. The predicted octanol–water partition coefficient (Wildman–Crippen LogP) is 6.14. The summed E-state index contributed by atoms with van der Waals surface area (Å²) in [6, 6.07) is 8.95. The highest BCUT2D eigenvalue weighted by molar-refractivity contribution is 5.77. The second-order valence-corrected chi connectivity index (χ2v) is 7.52. The van der Waals surface area contributed by atoms with E-state index in [0.29, 0.717) is 12.2 Å². The molecule has 0 radical (unpaired) electrons. The quantitative estimate of drug-likeness (QED) is 0.448. The van der Waals surface area contributed by atoms with Crippen LogP contribution in [0, 0.1) is 0 Å². The lowest BCUT2D eigenvalue weighted by atomic mass is 10.1. The van der Waals surface area contributed by atoms with E-state index in [1.165, 1.54) is 17.5 Å². The summed E-state index contributed by atoms with van der Waals surface area (Å²) in [7, 11) is 1.98. The van der Waals surface area contributed by atoms with Crippen molar-refractivity contribution in [2.24, 2.45) is 0 Å². The van der Waals surface area contributed by atoms with E-state index in [9.17, 15) is 4.79 Å². The molecule has 31 heavy (non-hydrogen) atoms. The molecule has 1 saturated heterocycles. The largest absolute Gasteiger partial charge is 0.316 e. The second-order valence-electron chi connectivity index (χ2n) is 7.52. The molecule has 1 aliphatic heterocycles. The first-order valence-corrected chi connectivity index (χ1v) is 12.8. The fraction of sp³-hybridized carbons (Fsp3) is 0.741. The Kier molecular flexibility index (Phi) is 24.2. The number of benzene rings is 1. The number of Topliss-reactive ketones (excluding diaryl/α,β-unsaturated/α-hetero) is 1. The topological polar surface area (TPSA) is 35.6 Å². The van der Waals surface area contributed by atoms with Crippen LogP contribution in [-0.4, -0.2) is 55.4 Å². The molecule has 4 heteroatoms. The SMILES string of the molecule is CC.CC.CCC.CCC(=O)CCCCN1CCN(Cc2ccc(CNC)cc2)CC1. The minimum atomic E-state index is 0.403. The van der Waals surface area contributed by atoms with Gasteiger partial charge in [0, 0.05) is 52.1 Å². The van der Waals surface area contributed by atoms with Crippen molar-refractivity contribution in [3.63, 3.8) is 0 Å². The molecular formula is C27H53N3O. The van der Waals surface area contributed by atoms with Crippen molar-refractivity contribution < 1.29 is 4.79 Å². The molecule has 2 rings (SSSR count). The van der Waals surface area contributed by atoms with Crippen LogP contribution < -0.4 is 5.32 Å². The lowest BCUT2D eigenvalue weighted by molar-refractivity contribution is -0.118. The van der Waals surface area contributed by atoms with E-state index in [1.54, 1.807) is 0 Å². The number of nitrogens with zero attached hydrogens (tertiary/aromatic N) is 2. The summed E-state index contributed by atoms with van der Waals surface area (Å²) in [6.45, 7) is 21.9. The summed E-state index contributed by atoms with van der Waals surface area (Å²) in [5.74, 6) is 0.403. The summed E-state index contributed by atoms with van der Waals surface area (Å²) in [4.78, 5) is 16.4. The number of unbranched alkanes of at least 4 members (excludes halogenated alkanes) is 1. The molecule has 1 aromatic rings. The number of carbonyl (C=O) groups is 1. The summed E-state index contributed by atoms with van der Waals surface area (Å²) in [5.41, 5.74) is 2.74. The van der Waals surface area contributed by atoms with E-state index < -0.39 is 0 Å². The summed E-state index contributed by atoms with van der Waals surface area (Å²) >= 11 is 0. The number of nitrogens with one attached hydrogen (secondary N) is 1. The number of hydrogen-bond acceptors (Lipinski definition) is 4. The van der Waals surface area contributed by atoms with Crippen molar-refractivity contribution in [1.82, 2.24) is 15.1 Å². The van der Waals surface area contributed by atoms with E-state index >= 15 is 0 Å². The summed E-state index contributed by atoms with van der Waals surface area (Å²) < 4.78 is 0. The van der Waals surface area contributed by atoms with Gasteiger partial charge in [0.05, 0.1) is 0 Å². The third-order valence-corrected chi connectivity index (χ3v) is 4.85. The van der Waals surface area contributed by atoms with Gasteiger partial charge in [0.25, 0.3) is 0 Å². The zero-order valence-corrected chi connectivity index (χ0v) is 22.1. The number of piperazine rings is 1. The van der Waals surface area contributed by atoms with Gasteiger partial charge in [-0.1, -0.05) is 79.2 Å². The fourth-order valence-corrected chi connectivity index (χ4v) is 3.23. The molecule has 0 saturated carbocycles. The molecular weight excluding hydrogens is 382 g/mol. The van der Waals surface area contributed by atoms with Crippen molar-refractivity contribution in [3.8, 4) is 0 Å². The molecule has 1 aromatic carbocycles. The lowest BCUT2D eigenvalue weighted by Crippen LogP contribution is -2.46. The van der Waals surface area contributed by atoms with E-state index in [-0.39, 0.29) is 0 Å².